The highest BCUT2D eigenvalue weighted by Gasteiger charge is 2.35. The summed E-state index contributed by atoms with van der Waals surface area (Å²) in [6.45, 7) is 0. The fourth-order valence-corrected chi connectivity index (χ4v) is 12.4. The van der Waals surface area contributed by atoms with Crippen LogP contribution in [-0.2, 0) is 0 Å². The molecule has 5 heteroatoms. The van der Waals surface area contributed by atoms with Gasteiger partial charge in [-0.1, -0.05) is 188 Å². The Kier molecular flexibility index (Phi) is 9.08. The second-order valence-corrected chi connectivity index (χ2v) is 17.3. The zero-order valence-corrected chi connectivity index (χ0v) is 28.2. The highest BCUT2D eigenvalue weighted by molar-refractivity contribution is 7.86. The van der Waals surface area contributed by atoms with Crippen LogP contribution in [0.25, 0.3) is 0 Å². The van der Waals surface area contributed by atoms with Crippen molar-refractivity contribution < 1.29 is 4.74 Å². The van der Waals surface area contributed by atoms with Crippen LogP contribution in [0.1, 0.15) is 17.2 Å². The molecule has 3 nitrogen and oxygen atoms in total. The van der Waals surface area contributed by atoms with Gasteiger partial charge in [0.25, 0.3) is 0 Å². The summed E-state index contributed by atoms with van der Waals surface area (Å²) in [6, 6.07) is 67.4. The fraction of sp³-hybridized carbons (Fsp3) is 0.0233. The molecular weight excluding hydrogens is 622 g/mol. The maximum Gasteiger partial charge on any atom is 0.150 e. The molecule has 2 N–H and O–H groups in total. The Morgan fingerprint density at radius 1 is 0.333 bits per heavy atom. The van der Waals surface area contributed by atoms with Crippen molar-refractivity contribution in [3.8, 4) is 5.75 Å². The van der Waals surface area contributed by atoms with E-state index in [0.717, 1.165) is 48.7 Å². The van der Waals surface area contributed by atoms with Crippen LogP contribution >= 0.6 is 14.1 Å². The molecule has 0 saturated heterocycles. The second-order valence-electron chi connectivity index (χ2n) is 11.6. The summed E-state index contributed by atoms with van der Waals surface area (Å²) in [4.78, 5) is 0. The van der Waals surface area contributed by atoms with Crippen molar-refractivity contribution >= 4 is 45.9 Å². The molecule has 234 valence electrons. The monoisotopic (exact) mass is 658 g/mol. The van der Waals surface area contributed by atoms with Crippen molar-refractivity contribution in [1.82, 2.24) is 0 Å². The van der Waals surface area contributed by atoms with E-state index in [2.05, 4.69) is 72.8 Å². The third-order valence-electron chi connectivity index (χ3n) is 8.73. The van der Waals surface area contributed by atoms with E-state index in [-0.39, 0.29) is 0 Å². The van der Waals surface area contributed by atoms with Crippen LogP contribution in [0.2, 0.25) is 0 Å². The number of para-hydroxylation sites is 1. The Hall–Kier alpha value is -5.20. The molecule has 0 radical (unpaired) electrons. The van der Waals surface area contributed by atoms with E-state index in [9.17, 15) is 10.3 Å². The summed E-state index contributed by atoms with van der Waals surface area (Å²) in [6.07, 6.45) is -0.589. The van der Waals surface area contributed by atoms with Crippen molar-refractivity contribution in [2.45, 2.75) is 6.10 Å². The minimum atomic E-state index is -2.88. The van der Waals surface area contributed by atoms with Crippen molar-refractivity contribution in [1.29, 1.82) is 10.3 Å². The van der Waals surface area contributed by atoms with E-state index >= 15 is 0 Å². The first-order valence-electron chi connectivity index (χ1n) is 16.0. The average molecular weight is 659 g/mol. The molecule has 0 aliphatic rings. The van der Waals surface area contributed by atoms with Crippen molar-refractivity contribution in [2.75, 3.05) is 0 Å². The molecular formula is C43H36N2OP2. The molecule has 0 amide bonds. The maximum absolute atomic E-state index is 10.5. The molecule has 0 saturated carbocycles. The lowest BCUT2D eigenvalue weighted by Crippen LogP contribution is -2.32. The molecule has 0 atom stereocenters. The summed E-state index contributed by atoms with van der Waals surface area (Å²) >= 11 is 0. The van der Waals surface area contributed by atoms with Gasteiger partial charge in [-0.3, -0.25) is 0 Å². The van der Waals surface area contributed by atoms with Gasteiger partial charge in [-0.25, -0.2) is 0 Å². The predicted molar refractivity (Wildman–Crippen MR) is 205 cm³/mol. The van der Waals surface area contributed by atoms with Gasteiger partial charge >= 0.3 is 0 Å². The Morgan fingerprint density at radius 2 is 0.604 bits per heavy atom. The van der Waals surface area contributed by atoms with Crippen LogP contribution in [0, 0.1) is 10.3 Å². The standard InChI is InChI=1S/C43H36N2OP2/c44-47(35-22-8-2-9-23-35,36-24-10-3-11-25-36)41-32-18-16-30-39(41)43(46-34-20-6-1-7-21-34)40-31-17-19-33-42(40)48(45,37-26-12-4-13-27-37)38-28-14-5-15-29-38/h1-33,43-45H. The molecule has 0 unspecified atom stereocenters. The Balaban J connectivity index is 1.52. The average Bonchev–Trinajstić information content (AvgIpc) is 3.18. The first kappa shape index (κ1) is 31.4. The summed E-state index contributed by atoms with van der Waals surface area (Å²) in [5, 5.41) is 26.8. The molecule has 0 spiro atoms. The van der Waals surface area contributed by atoms with E-state index in [4.69, 9.17) is 4.74 Å². The van der Waals surface area contributed by atoms with Gasteiger partial charge in [0.2, 0.25) is 0 Å². The largest absolute Gasteiger partial charge is 0.481 e. The van der Waals surface area contributed by atoms with Gasteiger partial charge in [0.1, 0.15) is 5.75 Å². The van der Waals surface area contributed by atoms with Crippen molar-refractivity contribution in [2.24, 2.45) is 0 Å². The summed E-state index contributed by atoms with van der Waals surface area (Å²) in [7, 11) is -5.77. The van der Waals surface area contributed by atoms with E-state index in [1.54, 1.807) is 0 Å². The van der Waals surface area contributed by atoms with E-state index in [1.165, 1.54) is 0 Å². The van der Waals surface area contributed by atoms with Crippen molar-refractivity contribution in [3.63, 3.8) is 0 Å². The number of hydrogen-bond acceptors (Lipinski definition) is 3. The highest BCUT2D eigenvalue weighted by Crippen LogP contribution is 2.49. The minimum absolute atomic E-state index is 0.589. The Morgan fingerprint density at radius 3 is 0.938 bits per heavy atom. The number of nitrogens with one attached hydrogen (secondary N) is 2. The molecule has 7 rings (SSSR count). The summed E-state index contributed by atoms with van der Waals surface area (Å²) < 4.78 is 7.07. The Bertz CT molecular complexity index is 1980. The number of ether oxygens (including phenoxy) is 1. The van der Waals surface area contributed by atoms with Gasteiger partial charge in [-0.2, -0.15) is 0 Å². The third kappa shape index (κ3) is 5.88. The van der Waals surface area contributed by atoms with Gasteiger partial charge in [-0.15, -0.1) is 0 Å². The first-order valence-corrected chi connectivity index (χ1v) is 19.6. The zero-order chi connectivity index (χ0) is 32.8. The number of hydrogen-bond donors (Lipinski definition) is 2. The highest BCUT2D eigenvalue weighted by atomic mass is 31.2. The lowest BCUT2D eigenvalue weighted by molar-refractivity contribution is 0.249. The predicted octanol–water partition coefficient (Wildman–Crippen LogP) is 8.97. The molecule has 0 aromatic heterocycles. The topological polar surface area (TPSA) is 56.9 Å². The molecule has 0 aliphatic heterocycles. The normalized spacial score (nSPS) is 11.7. The SMILES string of the molecule is N=P(c1ccccc1)(c1ccccc1)c1ccccc1C(Oc1ccccc1)c1ccccc1P(=N)(c1ccccc1)c1ccccc1. The molecule has 0 bridgehead atoms. The molecule has 48 heavy (non-hydrogen) atoms. The van der Waals surface area contributed by atoms with E-state index < -0.39 is 20.2 Å². The lowest BCUT2D eigenvalue weighted by Gasteiger charge is -2.33. The van der Waals surface area contributed by atoms with Gasteiger partial charge in [0.05, 0.1) is 14.1 Å². The van der Waals surface area contributed by atoms with Crippen LogP contribution in [-0.4, -0.2) is 0 Å². The molecule has 0 fully saturated rings. The zero-order valence-electron chi connectivity index (χ0n) is 26.4. The first-order chi connectivity index (χ1) is 23.6. The number of rotatable bonds is 10. The Labute approximate surface area is 283 Å². The van der Waals surface area contributed by atoms with Crippen molar-refractivity contribution in [3.05, 3.63) is 211 Å². The summed E-state index contributed by atoms with van der Waals surface area (Å²) in [5.74, 6) is 0.730. The van der Waals surface area contributed by atoms with Gasteiger partial charge in [0.15, 0.2) is 6.10 Å². The molecule has 0 heterocycles. The molecule has 7 aromatic carbocycles. The van der Waals surface area contributed by atoms with Gasteiger partial charge in [-0.05, 0) is 33.4 Å². The molecule has 0 aliphatic carbocycles. The smallest absolute Gasteiger partial charge is 0.150 e. The van der Waals surface area contributed by atoms with E-state index in [1.807, 2.05) is 127 Å². The summed E-state index contributed by atoms with van der Waals surface area (Å²) in [5.41, 5.74) is 1.86. The van der Waals surface area contributed by atoms with Gasteiger partial charge < -0.3 is 15.1 Å². The van der Waals surface area contributed by atoms with Crippen LogP contribution in [0.3, 0.4) is 0 Å². The fourth-order valence-electron chi connectivity index (χ4n) is 6.42. The van der Waals surface area contributed by atoms with Crippen LogP contribution < -0.4 is 36.6 Å². The third-order valence-corrected chi connectivity index (χ3v) is 15.3. The van der Waals surface area contributed by atoms with E-state index in [0.29, 0.717) is 0 Å². The van der Waals surface area contributed by atoms with Crippen LogP contribution in [0.15, 0.2) is 200 Å². The lowest BCUT2D eigenvalue weighted by atomic mass is 10.0. The maximum atomic E-state index is 10.5. The minimum Gasteiger partial charge on any atom is -0.481 e. The van der Waals surface area contributed by atoms with Crippen LogP contribution in [0.5, 0.6) is 5.75 Å². The van der Waals surface area contributed by atoms with Gasteiger partial charge in [0, 0.05) is 21.7 Å². The quantitative estimate of drug-likeness (QED) is 0.142. The number of benzene rings is 7. The molecule has 7 aromatic rings. The van der Waals surface area contributed by atoms with Crippen LogP contribution in [0.4, 0.5) is 0 Å². The second kappa shape index (κ2) is 13.9.